The molecule has 1 amide bonds. The average molecular weight is 331 g/mol. The third-order valence-corrected chi connectivity index (χ3v) is 3.24. The molecule has 1 heterocycles. The van der Waals surface area contributed by atoms with Gasteiger partial charge in [0.25, 0.3) is 0 Å². The number of amides is 1. The summed E-state index contributed by atoms with van der Waals surface area (Å²) in [6, 6.07) is 15.4. The van der Waals surface area contributed by atoms with E-state index in [0.717, 1.165) is 15.9 Å². The van der Waals surface area contributed by atoms with Gasteiger partial charge >= 0.3 is 0 Å². The molecule has 4 heteroatoms. The predicted molar refractivity (Wildman–Crippen MR) is 84.0 cm³/mol. The van der Waals surface area contributed by atoms with Gasteiger partial charge in [-0.2, -0.15) is 0 Å². The normalized spacial score (nSPS) is 12.3. The number of pyridine rings is 1. The van der Waals surface area contributed by atoms with Crippen LogP contribution in [0.15, 0.2) is 59.2 Å². The average Bonchev–Trinajstić information content (AvgIpc) is 2.46. The molecule has 1 N–H and O–H groups in total. The van der Waals surface area contributed by atoms with Crippen LogP contribution >= 0.6 is 15.9 Å². The molecule has 0 saturated heterocycles. The number of aromatic nitrogens is 1. The van der Waals surface area contributed by atoms with E-state index in [-0.39, 0.29) is 11.9 Å². The molecule has 0 unspecified atom stereocenters. The maximum atomic E-state index is 11.8. The first-order valence-corrected chi connectivity index (χ1v) is 7.10. The zero-order valence-electron chi connectivity index (χ0n) is 11.1. The van der Waals surface area contributed by atoms with E-state index >= 15 is 0 Å². The lowest BCUT2D eigenvalue weighted by Crippen LogP contribution is -2.24. The van der Waals surface area contributed by atoms with Crippen LogP contribution in [0.25, 0.3) is 6.08 Å². The van der Waals surface area contributed by atoms with Crippen LogP contribution in [0.3, 0.4) is 0 Å². The van der Waals surface area contributed by atoms with E-state index < -0.39 is 0 Å². The van der Waals surface area contributed by atoms with Gasteiger partial charge in [-0.25, -0.2) is 4.98 Å². The zero-order chi connectivity index (χ0) is 14.4. The molecular formula is C16H15BrN2O. The van der Waals surface area contributed by atoms with Crippen molar-refractivity contribution in [2.75, 3.05) is 0 Å². The number of hydrogen-bond donors (Lipinski definition) is 1. The number of rotatable bonds is 4. The summed E-state index contributed by atoms with van der Waals surface area (Å²) in [5, 5.41) is 2.92. The van der Waals surface area contributed by atoms with E-state index in [9.17, 15) is 4.79 Å². The molecule has 102 valence electrons. The summed E-state index contributed by atoms with van der Waals surface area (Å²) in [5.74, 6) is -0.136. The Bertz CT molecular complexity index is 611. The summed E-state index contributed by atoms with van der Waals surface area (Å²) in [6.45, 7) is 1.96. The van der Waals surface area contributed by atoms with E-state index in [1.165, 1.54) is 6.08 Å². The summed E-state index contributed by atoms with van der Waals surface area (Å²) in [7, 11) is 0. The predicted octanol–water partition coefficient (Wildman–Crippen LogP) is 3.73. The molecule has 0 spiro atoms. The Balaban J connectivity index is 1.96. The Morgan fingerprint density at radius 3 is 2.65 bits per heavy atom. The third kappa shape index (κ3) is 4.31. The van der Waals surface area contributed by atoms with Crippen molar-refractivity contribution in [2.45, 2.75) is 13.0 Å². The van der Waals surface area contributed by atoms with Gasteiger partial charge in [-0.15, -0.1) is 0 Å². The van der Waals surface area contributed by atoms with Gasteiger partial charge in [0.15, 0.2) is 0 Å². The Hall–Kier alpha value is -1.94. The molecule has 0 bridgehead atoms. The largest absolute Gasteiger partial charge is 0.346 e. The van der Waals surface area contributed by atoms with Crippen molar-refractivity contribution >= 4 is 27.9 Å². The number of hydrogen-bond acceptors (Lipinski definition) is 2. The highest BCUT2D eigenvalue weighted by Crippen LogP contribution is 2.11. The van der Waals surface area contributed by atoms with Gasteiger partial charge in [-0.3, -0.25) is 4.79 Å². The van der Waals surface area contributed by atoms with Crippen molar-refractivity contribution in [3.8, 4) is 0 Å². The maximum Gasteiger partial charge on any atom is 0.244 e. The van der Waals surface area contributed by atoms with Crippen LogP contribution < -0.4 is 5.32 Å². The second-order valence-electron chi connectivity index (χ2n) is 4.36. The number of carbonyl (C=O) groups excluding carboxylic acids is 1. The standard InChI is InChI=1S/C16H15BrN2O/c1-12(13-6-3-2-4-7-13)18-16(20)11-10-14-8-5-9-15(17)19-14/h2-12H,1H3,(H,18,20)/t12-/m0/s1. The molecule has 0 aliphatic heterocycles. The van der Waals surface area contributed by atoms with E-state index in [1.807, 2.05) is 55.5 Å². The fourth-order valence-electron chi connectivity index (χ4n) is 1.76. The highest BCUT2D eigenvalue weighted by Gasteiger charge is 2.06. The van der Waals surface area contributed by atoms with E-state index in [1.54, 1.807) is 6.08 Å². The molecule has 0 radical (unpaired) electrons. The molecular weight excluding hydrogens is 316 g/mol. The molecule has 1 atom stereocenters. The first-order chi connectivity index (χ1) is 9.65. The minimum Gasteiger partial charge on any atom is -0.346 e. The van der Waals surface area contributed by atoms with Crippen molar-refractivity contribution in [1.29, 1.82) is 0 Å². The Kier molecular flexibility index (Phi) is 5.07. The summed E-state index contributed by atoms with van der Waals surface area (Å²) in [6.07, 6.45) is 3.19. The second-order valence-corrected chi connectivity index (χ2v) is 5.17. The van der Waals surface area contributed by atoms with Crippen LogP contribution in [0.5, 0.6) is 0 Å². The van der Waals surface area contributed by atoms with E-state index in [2.05, 4.69) is 26.2 Å². The monoisotopic (exact) mass is 330 g/mol. The maximum absolute atomic E-state index is 11.8. The SMILES string of the molecule is C[C@H](NC(=O)C=Cc1cccc(Br)n1)c1ccccc1. The molecule has 0 aliphatic carbocycles. The van der Waals surface area contributed by atoms with E-state index in [4.69, 9.17) is 0 Å². The Morgan fingerprint density at radius 2 is 1.95 bits per heavy atom. The molecule has 0 aliphatic rings. The number of carbonyl (C=O) groups is 1. The van der Waals surface area contributed by atoms with Crippen molar-refractivity contribution < 1.29 is 4.79 Å². The van der Waals surface area contributed by atoms with Gasteiger partial charge < -0.3 is 5.32 Å². The molecule has 0 saturated carbocycles. The van der Waals surface area contributed by atoms with Gasteiger partial charge in [0, 0.05) is 6.08 Å². The number of halogens is 1. The van der Waals surface area contributed by atoms with Crippen molar-refractivity contribution in [1.82, 2.24) is 10.3 Å². The molecule has 1 aromatic carbocycles. The number of nitrogens with one attached hydrogen (secondary N) is 1. The van der Waals surface area contributed by atoms with Crippen LogP contribution in [-0.4, -0.2) is 10.9 Å². The van der Waals surface area contributed by atoms with Gasteiger partial charge in [0.1, 0.15) is 4.60 Å². The van der Waals surface area contributed by atoms with Crippen molar-refractivity contribution in [3.05, 3.63) is 70.5 Å². The lowest BCUT2D eigenvalue weighted by molar-refractivity contribution is -0.117. The van der Waals surface area contributed by atoms with E-state index in [0.29, 0.717) is 0 Å². The highest BCUT2D eigenvalue weighted by molar-refractivity contribution is 9.10. The fraction of sp³-hybridized carbons (Fsp3) is 0.125. The van der Waals surface area contributed by atoms with Gasteiger partial charge in [0.05, 0.1) is 11.7 Å². The van der Waals surface area contributed by atoms with Gasteiger partial charge in [0.2, 0.25) is 5.91 Å². The molecule has 0 fully saturated rings. The number of nitrogens with zero attached hydrogens (tertiary/aromatic N) is 1. The fourth-order valence-corrected chi connectivity index (χ4v) is 2.12. The second kappa shape index (κ2) is 7.01. The summed E-state index contributed by atoms with van der Waals surface area (Å²) >= 11 is 3.29. The minimum absolute atomic E-state index is 0.0242. The zero-order valence-corrected chi connectivity index (χ0v) is 12.7. The third-order valence-electron chi connectivity index (χ3n) is 2.80. The Labute approximate surface area is 126 Å². The number of benzene rings is 1. The summed E-state index contributed by atoms with van der Waals surface area (Å²) in [5.41, 5.74) is 1.82. The highest BCUT2D eigenvalue weighted by atomic mass is 79.9. The molecule has 1 aromatic heterocycles. The minimum atomic E-state index is -0.136. The van der Waals surface area contributed by atoms with Gasteiger partial charge in [-0.05, 0) is 46.6 Å². The summed E-state index contributed by atoms with van der Waals surface area (Å²) in [4.78, 5) is 16.1. The van der Waals surface area contributed by atoms with Crippen LogP contribution in [0.2, 0.25) is 0 Å². The lowest BCUT2D eigenvalue weighted by Gasteiger charge is -2.12. The molecule has 2 aromatic rings. The van der Waals surface area contributed by atoms with Crippen LogP contribution in [0.4, 0.5) is 0 Å². The lowest BCUT2D eigenvalue weighted by atomic mass is 10.1. The first-order valence-electron chi connectivity index (χ1n) is 6.31. The molecule has 3 nitrogen and oxygen atoms in total. The first kappa shape index (κ1) is 14.5. The molecule has 20 heavy (non-hydrogen) atoms. The van der Waals surface area contributed by atoms with Crippen LogP contribution in [0, 0.1) is 0 Å². The topological polar surface area (TPSA) is 42.0 Å². The van der Waals surface area contributed by atoms with Crippen LogP contribution in [-0.2, 0) is 4.79 Å². The smallest absolute Gasteiger partial charge is 0.244 e. The van der Waals surface area contributed by atoms with Crippen molar-refractivity contribution in [3.63, 3.8) is 0 Å². The van der Waals surface area contributed by atoms with Crippen LogP contribution in [0.1, 0.15) is 24.2 Å². The molecule has 2 rings (SSSR count). The quantitative estimate of drug-likeness (QED) is 0.685. The van der Waals surface area contributed by atoms with Crippen molar-refractivity contribution in [2.24, 2.45) is 0 Å². The van der Waals surface area contributed by atoms with Gasteiger partial charge in [-0.1, -0.05) is 36.4 Å². The Morgan fingerprint density at radius 1 is 1.20 bits per heavy atom. The summed E-state index contributed by atoms with van der Waals surface area (Å²) < 4.78 is 0.748.